The Labute approximate surface area is 203 Å². The van der Waals surface area contributed by atoms with Gasteiger partial charge in [-0.1, -0.05) is 12.1 Å². The van der Waals surface area contributed by atoms with E-state index in [4.69, 9.17) is 9.47 Å². The smallest absolute Gasteiger partial charge is 0.321 e. The van der Waals surface area contributed by atoms with E-state index in [1.165, 1.54) is 0 Å². The van der Waals surface area contributed by atoms with Gasteiger partial charge in [-0.3, -0.25) is 14.4 Å². The Balaban J connectivity index is 1.29. The molecule has 2 N–H and O–H groups in total. The summed E-state index contributed by atoms with van der Waals surface area (Å²) in [5.41, 5.74) is 3.20. The summed E-state index contributed by atoms with van der Waals surface area (Å²) in [5, 5.41) is 10.1. The summed E-state index contributed by atoms with van der Waals surface area (Å²) in [6.07, 6.45) is 3.70. The highest BCUT2D eigenvalue weighted by Crippen LogP contribution is 2.32. The van der Waals surface area contributed by atoms with Crippen LogP contribution in [0.5, 0.6) is 11.5 Å². The van der Waals surface area contributed by atoms with Crippen molar-refractivity contribution >= 4 is 23.3 Å². The second-order valence-corrected chi connectivity index (χ2v) is 8.71. The molecule has 0 bridgehead atoms. The Morgan fingerprint density at radius 3 is 2.89 bits per heavy atom. The Kier molecular flexibility index (Phi) is 6.28. The maximum atomic E-state index is 12.9. The highest BCUT2D eigenvalue weighted by atomic mass is 16.5. The second-order valence-electron chi connectivity index (χ2n) is 8.71. The zero-order valence-corrected chi connectivity index (χ0v) is 19.7. The first-order chi connectivity index (χ1) is 17.0. The summed E-state index contributed by atoms with van der Waals surface area (Å²) >= 11 is 0. The van der Waals surface area contributed by atoms with E-state index in [0.29, 0.717) is 49.1 Å². The maximum absolute atomic E-state index is 12.9. The molecule has 0 unspecified atom stereocenters. The topological polar surface area (TPSA) is 101 Å². The van der Waals surface area contributed by atoms with E-state index in [1.807, 2.05) is 49.6 Å². The van der Waals surface area contributed by atoms with Crippen LogP contribution in [0, 0.1) is 0 Å². The fourth-order valence-electron chi connectivity index (χ4n) is 4.41. The van der Waals surface area contributed by atoms with Crippen molar-refractivity contribution in [1.29, 1.82) is 0 Å². The molecule has 2 aliphatic heterocycles. The van der Waals surface area contributed by atoms with Crippen molar-refractivity contribution < 1.29 is 19.1 Å². The average molecular weight is 477 g/mol. The van der Waals surface area contributed by atoms with Gasteiger partial charge in [0.15, 0.2) is 0 Å². The normalized spacial score (nSPS) is 18.2. The van der Waals surface area contributed by atoms with Crippen LogP contribution in [0.15, 0.2) is 54.9 Å². The lowest BCUT2D eigenvalue weighted by Gasteiger charge is -2.40. The van der Waals surface area contributed by atoms with Crippen molar-refractivity contribution in [1.82, 2.24) is 19.6 Å². The first-order valence-electron chi connectivity index (χ1n) is 11.5. The van der Waals surface area contributed by atoms with E-state index in [0.717, 1.165) is 11.1 Å². The number of benzene rings is 2. The number of urea groups is 1. The third-order valence-electron chi connectivity index (χ3n) is 6.28. The Hall–Kier alpha value is -4.05. The number of methoxy groups -OCH3 is 1. The third kappa shape index (κ3) is 5.07. The van der Waals surface area contributed by atoms with Gasteiger partial charge in [-0.25, -0.2) is 4.79 Å². The number of nitrogens with zero attached hydrogens (tertiary/aromatic N) is 4. The number of aryl methyl sites for hydroxylation is 1. The number of nitrogens with one attached hydrogen (secondary N) is 2. The molecule has 1 fully saturated rings. The number of carbonyl (C=O) groups excluding carboxylic acids is 2. The van der Waals surface area contributed by atoms with Crippen LogP contribution in [0.4, 0.5) is 16.2 Å². The van der Waals surface area contributed by atoms with Crippen molar-refractivity contribution in [2.45, 2.75) is 6.04 Å². The van der Waals surface area contributed by atoms with Gasteiger partial charge in [0.25, 0.3) is 0 Å². The summed E-state index contributed by atoms with van der Waals surface area (Å²) in [7, 11) is 3.45. The van der Waals surface area contributed by atoms with Crippen molar-refractivity contribution in [2.75, 3.05) is 50.5 Å². The summed E-state index contributed by atoms with van der Waals surface area (Å²) in [6.45, 7) is 2.13. The monoisotopic (exact) mass is 476 g/mol. The Bertz CT molecular complexity index is 1240. The van der Waals surface area contributed by atoms with E-state index < -0.39 is 0 Å². The number of amides is 3. The van der Waals surface area contributed by atoms with E-state index >= 15 is 0 Å². The zero-order chi connectivity index (χ0) is 24.4. The second kappa shape index (κ2) is 9.67. The molecule has 182 valence electrons. The molecule has 3 aromatic rings. The minimum Gasteiger partial charge on any atom is -0.497 e. The highest BCUT2D eigenvalue weighted by molar-refractivity contribution is 5.95. The van der Waals surface area contributed by atoms with Crippen LogP contribution in [0.25, 0.3) is 11.1 Å². The molecule has 2 aromatic carbocycles. The number of ether oxygens (including phenoxy) is 2. The number of aromatic nitrogens is 2. The molecule has 10 heteroatoms. The number of hydrogen-bond acceptors (Lipinski definition) is 6. The van der Waals surface area contributed by atoms with Gasteiger partial charge in [0, 0.05) is 50.2 Å². The first-order valence-corrected chi connectivity index (χ1v) is 11.5. The highest BCUT2D eigenvalue weighted by Gasteiger charge is 2.32. The fourth-order valence-corrected chi connectivity index (χ4v) is 4.41. The molecule has 2 aliphatic rings. The van der Waals surface area contributed by atoms with E-state index in [-0.39, 0.29) is 24.5 Å². The van der Waals surface area contributed by atoms with Crippen LogP contribution < -0.4 is 20.1 Å². The third-order valence-corrected chi connectivity index (χ3v) is 6.28. The molecule has 1 atom stereocenters. The van der Waals surface area contributed by atoms with E-state index in [9.17, 15) is 9.59 Å². The molecule has 10 nitrogen and oxygen atoms in total. The molecule has 3 heterocycles. The quantitative estimate of drug-likeness (QED) is 0.603. The van der Waals surface area contributed by atoms with Gasteiger partial charge in [-0.2, -0.15) is 5.10 Å². The van der Waals surface area contributed by atoms with Crippen molar-refractivity contribution in [3.8, 4) is 22.6 Å². The average Bonchev–Trinajstić information content (AvgIpc) is 3.31. The molecular formula is C25H28N6O4. The minimum absolute atomic E-state index is 0.112. The molecule has 5 rings (SSSR count). The van der Waals surface area contributed by atoms with E-state index in [1.54, 1.807) is 29.0 Å². The molecule has 1 saturated heterocycles. The lowest BCUT2D eigenvalue weighted by Crippen LogP contribution is -2.58. The summed E-state index contributed by atoms with van der Waals surface area (Å²) < 4.78 is 13.1. The van der Waals surface area contributed by atoms with Crippen LogP contribution in [0.1, 0.15) is 0 Å². The van der Waals surface area contributed by atoms with Crippen molar-refractivity contribution in [3.63, 3.8) is 0 Å². The van der Waals surface area contributed by atoms with Crippen LogP contribution in [0.2, 0.25) is 0 Å². The molecular weight excluding hydrogens is 448 g/mol. The molecule has 3 amide bonds. The number of rotatable bonds is 3. The molecule has 1 aromatic heterocycles. The summed E-state index contributed by atoms with van der Waals surface area (Å²) in [4.78, 5) is 29.6. The summed E-state index contributed by atoms with van der Waals surface area (Å²) in [6, 6.07) is 12.7. The maximum Gasteiger partial charge on any atom is 0.321 e. The lowest BCUT2D eigenvalue weighted by molar-refractivity contribution is -0.118. The van der Waals surface area contributed by atoms with Gasteiger partial charge < -0.3 is 25.0 Å². The van der Waals surface area contributed by atoms with Crippen LogP contribution in [-0.2, 0) is 11.8 Å². The minimum atomic E-state index is -0.191. The Morgan fingerprint density at radius 2 is 2.09 bits per heavy atom. The number of fused-ring (bicyclic) bond motifs is 2. The number of anilines is 2. The van der Waals surface area contributed by atoms with Gasteiger partial charge in [0.2, 0.25) is 5.91 Å². The van der Waals surface area contributed by atoms with Crippen LogP contribution in [-0.4, -0.2) is 77.5 Å². The molecule has 0 saturated carbocycles. The van der Waals surface area contributed by atoms with Gasteiger partial charge in [0.05, 0.1) is 31.6 Å². The van der Waals surface area contributed by atoms with E-state index in [2.05, 4.69) is 20.6 Å². The van der Waals surface area contributed by atoms with Crippen LogP contribution in [0.3, 0.4) is 0 Å². The zero-order valence-electron chi connectivity index (χ0n) is 19.7. The SMILES string of the molecule is COc1cccc(NC(=O)N2CCN3CC(=O)Nc4cc(-c5cnn(C)c5)ccc4OC[C@@H]3C2)c1. The van der Waals surface area contributed by atoms with Gasteiger partial charge in [0.1, 0.15) is 18.1 Å². The predicted octanol–water partition coefficient (Wildman–Crippen LogP) is 2.64. The summed E-state index contributed by atoms with van der Waals surface area (Å²) in [5.74, 6) is 1.17. The van der Waals surface area contributed by atoms with Crippen molar-refractivity contribution in [3.05, 3.63) is 54.9 Å². The standard InChI is InChI=1S/C25H28N6O4/c1-29-13-18(12-26-29)17-6-7-23-22(10-17)28-24(32)15-30-8-9-31(14-20(30)16-35-23)25(33)27-19-4-3-5-21(11-19)34-2/h3-7,10-13,20H,8-9,14-16H2,1-2H3,(H,27,33)(H,28,32)/t20-/m0/s1. The molecule has 0 aliphatic carbocycles. The van der Waals surface area contributed by atoms with Gasteiger partial charge in [-0.05, 0) is 29.8 Å². The number of piperazine rings is 1. The van der Waals surface area contributed by atoms with Crippen molar-refractivity contribution in [2.24, 2.45) is 7.05 Å². The molecule has 0 spiro atoms. The fraction of sp³-hybridized carbons (Fsp3) is 0.320. The lowest BCUT2D eigenvalue weighted by atomic mass is 10.1. The predicted molar refractivity (Wildman–Crippen MR) is 132 cm³/mol. The van der Waals surface area contributed by atoms with Crippen LogP contribution >= 0.6 is 0 Å². The largest absolute Gasteiger partial charge is 0.497 e. The first kappa shape index (κ1) is 22.7. The van der Waals surface area contributed by atoms with Gasteiger partial charge >= 0.3 is 6.03 Å². The molecule has 0 radical (unpaired) electrons. The number of hydrogen-bond donors (Lipinski definition) is 2. The number of carbonyl (C=O) groups is 2. The molecule has 35 heavy (non-hydrogen) atoms. The Morgan fingerprint density at radius 1 is 1.20 bits per heavy atom. The van der Waals surface area contributed by atoms with Gasteiger partial charge in [-0.15, -0.1) is 0 Å².